The number of hydrogen-bond donors (Lipinski definition) is 14. The molecule has 0 saturated heterocycles. The van der Waals surface area contributed by atoms with Gasteiger partial charge in [-0.05, 0) is 114 Å². The van der Waals surface area contributed by atoms with E-state index >= 15 is 0 Å². The lowest BCUT2D eigenvalue weighted by molar-refractivity contribution is -0.135. The van der Waals surface area contributed by atoms with E-state index in [1.165, 1.54) is 25.5 Å². The highest BCUT2D eigenvalue weighted by molar-refractivity contribution is 5.99. The van der Waals surface area contributed by atoms with Crippen molar-refractivity contribution in [2.45, 2.75) is 174 Å². The van der Waals surface area contributed by atoms with Crippen molar-refractivity contribution in [3.8, 4) is 6.07 Å². The van der Waals surface area contributed by atoms with Gasteiger partial charge < -0.3 is 84.2 Å². The van der Waals surface area contributed by atoms with Crippen molar-refractivity contribution in [3.05, 3.63) is 89.4 Å². The minimum atomic E-state index is -1.48. The van der Waals surface area contributed by atoms with Crippen LogP contribution in [0, 0.1) is 34.9 Å². The lowest BCUT2D eigenvalue weighted by Crippen LogP contribution is -2.59. The van der Waals surface area contributed by atoms with E-state index in [0.717, 1.165) is 12.1 Å². The van der Waals surface area contributed by atoms with Gasteiger partial charge in [-0.2, -0.15) is 5.26 Å². The monoisotopic (exact) mass is 1350 g/mol. The number of unbranched alkanes of at least 4 members (excludes halogenated alkanes) is 1. The van der Waals surface area contributed by atoms with Crippen LogP contribution in [0.2, 0.25) is 0 Å². The fourth-order valence-corrected chi connectivity index (χ4v) is 10.4. The molecule has 0 fully saturated rings. The molecule has 4 rings (SSSR count). The van der Waals surface area contributed by atoms with Gasteiger partial charge in [-0.25, -0.2) is 9.37 Å². The maximum Gasteiger partial charge on any atom is 0.251 e. The normalized spacial score (nSPS) is 14.1. The number of nitrogens with zero attached hydrogens (tertiary/aromatic N) is 4. The van der Waals surface area contributed by atoms with Gasteiger partial charge in [0.05, 0.1) is 37.0 Å². The third-order valence-electron chi connectivity index (χ3n) is 15.7. The van der Waals surface area contributed by atoms with Gasteiger partial charge in [0, 0.05) is 73.8 Å². The number of aromatic nitrogens is 3. The van der Waals surface area contributed by atoms with Crippen molar-refractivity contribution in [1.29, 1.82) is 5.26 Å². The Morgan fingerprint density at radius 1 is 0.680 bits per heavy atom. The molecular weight excluding hydrogens is 1260 g/mol. The molecule has 530 valence electrons. The zero-order valence-electron chi connectivity index (χ0n) is 56.8. The second kappa shape index (κ2) is 39.3. The van der Waals surface area contributed by atoms with Crippen LogP contribution in [0.5, 0.6) is 0 Å². The summed E-state index contributed by atoms with van der Waals surface area (Å²) in [4.78, 5) is 171. The number of primary amides is 2. The quantitative estimate of drug-likeness (QED) is 0.0250. The Morgan fingerprint density at radius 3 is 1.95 bits per heavy atom. The molecule has 2 heterocycles. The van der Waals surface area contributed by atoms with Gasteiger partial charge in [0.15, 0.2) is 0 Å². The number of aromatic amines is 1. The second-order valence-electron chi connectivity index (χ2n) is 25.6. The van der Waals surface area contributed by atoms with Crippen molar-refractivity contribution in [2.24, 2.45) is 36.3 Å². The molecule has 31 heteroatoms. The first-order chi connectivity index (χ1) is 45.8. The van der Waals surface area contributed by atoms with Gasteiger partial charge in [-0.1, -0.05) is 59.7 Å². The Hall–Kier alpha value is -9.83. The van der Waals surface area contributed by atoms with Crippen molar-refractivity contribution in [1.82, 2.24) is 72.6 Å². The number of aliphatic hydroxyl groups is 1. The molecule has 30 nitrogen and oxygen atoms in total. The molecule has 2 aromatic heterocycles. The second-order valence-corrected chi connectivity index (χ2v) is 25.6. The molecule has 0 saturated carbocycles. The number of para-hydroxylation sites is 1. The zero-order chi connectivity index (χ0) is 72.2. The van der Waals surface area contributed by atoms with Crippen LogP contribution in [0.4, 0.5) is 4.39 Å². The van der Waals surface area contributed by atoms with Crippen LogP contribution in [0.15, 0.2) is 61.2 Å². The topological polar surface area (TPSA) is 458 Å². The number of amides is 12. The van der Waals surface area contributed by atoms with E-state index in [2.05, 4.69) is 63.1 Å². The fourth-order valence-electron chi connectivity index (χ4n) is 10.4. The molecule has 9 atom stereocenters. The molecule has 12 amide bonds. The molecule has 0 bridgehead atoms. The Bertz CT molecular complexity index is 3440. The number of benzene rings is 2. The highest BCUT2D eigenvalue weighted by atomic mass is 18.2. The molecule has 0 radical (unpaired) electrons. The van der Waals surface area contributed by atoms with E-state index in [9.17, 15) is 72.3 Å². The largest absolute Gasteiger partial charge is 0.390 e. The van der Waals surface area contributed by atoms with Crippen molar-refractivity contribution < 1.29 is 67.0 Å². The minimum absolute atomic E-state index is 0.0160. The van der Waals surface area contributed by atoms with E-state index in [1.54, 1.807) is 62.0 Å². The third kappa shape index (κ3) is 27.1. The summed E-state index contributed by atoms with van der Waals surface area (Å²) in [6.45, 7) is 11.7. The Kier molecular flexibility index (Phi) is 32.2. The van der Waals surface area contributed by atoms with Crippen LogP contribution in [0.1, 0.15) is 133 Å². The molecule has 0 aliphatic heterocycles. The number of imidazole rings is 1. The number of carbonyl (C=O) groups excluding carboxylic acids is 12. The van der Waals surface area contributed by atoms with Gasteiger partial charge >= 0.3 is 0 Å². The molecule has 97 heavy (non-hydrogen) atoms. The first kappa shape index (κ1) is 79.6. The maximum atomic E-state index is 14.4. The van der Waals surface area contributed by atoms with Gasteiger partial charge in [-0.3, -0.25) is 57.5 Å². The van der Waals surface area contributed by atoms with Crippen LogP contribution in [0.3, 0.4) is 0 Å². The summed E-state index contributed by atoms with van der Waals surface area (Å²) in [6.07, 6.45) is 3.11. The van der Waals surface area contributed by atoms with Crippen molar-refractivity contribution >= 4 is 81.8 Å². The SMILES string of the molecule is CC(C)C[C@H](NC(=O)C[C@H](O)[C@H](CC(C)C)NC(=O)[C@H](Cc1cncn1C)NC(=O)CNC(=O)[C@@H](NC(=O)[C@H](C)NC(=O)[C@H](Cc1c[nH]c2ccccc12)NC(=O)[C@H](CCC(N)=O)NC(=O)CCNC(=O)[C@H](CCCCN(C)C)NC(=O)c1ccc([18F])c(C#N)c1)C(C)C)C(N)=O. The van der Waals surface area contributed by atoms with E-state index in [4.69, 9.17) is 11.5 Å². The average Bonchev–Trinajstić information content (AvgIpc) is 1.72. The standard InChI is InChI=1S/C66H96FN17O13/c1-36(2)25-49(53(85)30-56(88)77-50(59(70)90)26-37(3)4)80-65(96)52(29-43-33-71-35-84(43)10)78-57(89)34-74-66(97)58(38(5)6)82-60(91)39(7)75-64(95)51(28-42-32-73-46-16-12-11-15-44(42)46)81-63(94)48(20-21-54(69)86)76-55(87)22-23-72-62(93)47(17-13-14-24-83(8)9)79-61(92)40-18-19-45(67)41(27-40)31-68/h11-12,15-16,18-19,27,32-33,35-39,47-53,58,73,85H,13-14,17,20-26,28-30,34H2,1-10H3,(H2,69,86)(H2,70,90)(H,72,93)(H,74,97)(H,75,95)(H,76,87)(H,77,88)(H,78,89)(H,79,92)(H,80,96)(H,81,94)(H,82,91)/t39-,47-,48-,49-,50-,51-,52-,53-,58-/m0/s1/i67-1. The van der Waals surface area contributed by atoms with Gasteiger partial charge in [0.1, 0.15) is 54.2 Å². The molecule has 16 N–H and O–H groups in total. The Balaban J connectivity index is 1.46. The van der Waals surface area contributed by atoms with E-state index in [1.807, 2.05) is 46.7 Å². The van der Waals surface area contributed by atoms with E-state index < -0.39 is 156 Å². The molecule has 4 aromatic rings. The smallest absolute Gasteiger partial charge is 0.251 e. The van der Waals surface area contributed by atoms with Gasteiger partial charge in [-0.15, -0.1) is 0 Å². The number of halogens is 1. The number of H-pyrrole nitrogens is 1. The lowest BCUT2D eigenvalue weighted by Gasteiger charge is -2.28. The molecule has 0 spiro atoms. The van der Waals surface area contributed by atoms with Crippen LogP contribution in [-0.2, 0) is 72.6 Å². The number of nitriles is 1. The molecular formula is C66H96FN17O13. The lowest BCUT2D eigenvalue weighted by atomic mass is 9.96. The summed E-state index contributed by atoms with van der Waals surface area (Å²) in [6, 6.07) is 1.97. The number of nitrogens with one attached hydrogen (secondary N) is 11. The summed E-state index contributed by atoms with van der Waals surface area (Å²) >= 11 is 0. The Labute approximate surface area is 563 Å². The number of aryl methyl sites for hydroxylation is 1. The summed E-state index contributed by atoms with van der Waals surface area (Å²) < 4.78 is 15.7. The predicted molar refractivity (Wildman–Crippen MR) is 356 cm³/mol. The van der Waals surface area contributed by atoms with Crippen LogP contribution >= 0.6 is 0 Å². The number of carbonyl (C=O) groups is 12. The van der Waals surface area contributed by atoms with E-state index in [0.29, 0.717) is 41.5 Å². The van der Waals surface area contributed by atoms with Crippen LogP contribution < -0.4 is 64.6 Å². The number of aliphatic hydroxyl groups excluding tert-OH is 1. The summed E-state index contributed by atoms with van der Waals surface area (Å²) in [5.41, 5.74) is 12.3. The minimum Gasteiger partial charge on any atom is -0.390 e. The summed E-state index contributed by atoms with van der Waals surface area (Å²) in [5.74, 6) is -10.9. The highest BCUT2D eigenvalue weighted by Gasteiger charge is 2.35. The fraction of sp³-hybridized carbons (Fsp3) is 0.545. The molecule has 0 aliphatic carbocycles. The molecule has 0 unspecified atom stereocenters. The third-order valence-corrected chi connectivity index (χ3v) is 15.7. The highest BCUT2D eigenvalue weighted by Crippen LogP contribution is 2.21. The number of rotatable bonds is 41. The first-order valence-electron chi connectivity index (χ1n) is 32.3. The summed E-state index contributed by atoms with van der Waals surface area (Å²) in [5, 5.41) is 47.4. The molecule has 0 aliphatic rings. The average molecular weight is 1350 g/mol. The Morgan fingerprint density at radius 2 is 1.32 bits per heavy atom. The van der Waals surface area contributed by atoms with Crippen LogP contribution in [-0.4, -0.2) is 184 Å². The first-order valence-corrected chi connectivity index (χ1v) is 32.3. The van der Waals surface area contributed by atoms with Gasteiger partial charge in [0.25, 0.3) is 5.91 Å². The number of fused-ring (bicyclic) bond motifs is 1. The van der Waals surface area contributed by atoms with E-state index in [-0.39, 0.29) is 74.5 Å². The molecule has 2 aromatic carbocycles. The van der Waals surface area contributed by atoms with Crippen molar-refractivity contribution in [3.63, 3.8) is 0 Å². The predicted octanol–water partition coefficient (Wildman–Crippen LogP) is -0.486. The van der Waals surface area contributed by atoms with Crippen LogP contribution in [0.25, 0.3) is 10.9 Å². The van der Waals surface area contributed by atoms with Gasteiger partial charge in [0.2, 0.25) is 65.0 Å². The maximum absolute atomic E-state index is 14.4. The number of hydrogen-bond acceptors (Lipinski definition) is 16. The summed E-state index contributed by atoms with van der Waals surface area (Å²) in [7, 11) is 5.43. The van der Waals surface area contributed by atoms with Crippen molar-refractivity contribution in [2.75, 3.05) is 33.7 Å². The number of nitrogens with two attached hydrogens (primary N) is 2. The zero-order valence-corrected chi connectivity index (χ0v) is 56.8.